The highest BCUT2D eigenvalue weighted by atomic mass is 16.1. The Bertz CT molecular complexity index is 209. The minimum absolute atomic E-state index is 0.0427. The first kappa shape index (κ1) is 9.23. The predicted octanol–water partition coefficient (Wildman–Crippen LogP) is 1.29. The molecule has 1 rings (SSSR count). The summed E-state index contributed by atoms with van der Waals surface area (Å²) in [4.78, 5) is 11.3. The third-order valence-corrected chi connectivity index (χ3v) is 2.17. The first-order valence-electron chi connectivity index (χ1n) is 4.38. The lowest BCUT2D eigenvalue weighted by Gasteiger charge is -2.20. The van der Waals surface area contributed by atoms with Crippen molar-refractivity contribution in [2.24, 2.45) is 11.0 Å². The molecule has 0 saturated heterocycles. The van der Waals surface area contributed by atoms with Gasteiger partial charge in [0.2, 0.25) is 0 Å². The van der Waals surface area contributed by atoms with Crippen molar-refractivity contribution in [3.05, 3.63) is 0 Å². The minimum atomic E-state index is 0.0427. The second-order valence-corrected chi connectivity index (χ2v) is 3.48. The van der Waals surface area contributed by atoms with Crippen molar-refractivity contribution < 1.29 is 4.79 Å². The Labute approximate surface area is 73.4 Å². The van der Waals surface area contributed by atoms with Crippen molar-refractivity contribution in [1.29, 1.82) is 0 Å². The van der Waals surface area contributed by atoms with Crippen LogP contribution in [0, 0.1) is 5.92 Å². The summed E-state index contributed by atoms with van der Waals surface area (Å²) in [6, 6.07) is 0. The Kier molecular flexibility index (Phi) is 2.84. The lowest BCUT2D eigenvalue weighted by atomic mass is 9.88. The summed E-state index contributed by atoms with van der Waals surface area (Å²) in [5, 5.41) is 6.07. The quantitative estimate of drug-likeness (QED) is 0.553. The molecular formula is C9H16N2O. The molecule has 0 heterocycles. The van der Waals surface area contributed by atoms with Crippen LogP contribution in [0.4, 0.5) is 0 Å². The van der Waals surface area contributed by atoms with E-state index >= 15 is 0 Å². The molecule has 1 atom stereocenters. The van der Waals surface area contributed by atoms with Crippen LogP contribution in [0.1, 0.15) is 26.2 Å². The number of carbonyl (C=O) groups is 1. The standard InChI is InChI=1S/C9H16N2O/c1-7-8(10-11(2)3)5-4-6-9(7)12/h7H,4-6H2,1-3H3/t7-/m0/s1. The van der Waals surface area contributed by atoms with Gasteiger partial charge in [-0.15, -0.1) is 0 Å². The van der Waals surface area contributed by atoms with E-state index in [4.69, 9.17) is 0 Å². The summed E-state index contributed by atoms with van der Waals surface area (Å²) in [6.07, 6.45) is 2.68. The molecule has 1 aliphatic rings. The van der Waals surface area contributed by atoms with Gasteiger partial charge in [0.25, 0.3) is 0 Å². The van der Waals surface area contributed by atoms with Crippen LogP contribution in [0.15, 0.2) is 5.10 Å². The predicted molar refractivity (Wildman–Crippen MR) is 49.1 cm³/mol. The number of carbonyl (C=O) groups excluding carboxylic acids is 1. The van der Waals surface area contributed by atoms with Gasteiger partial charge in [0, 0.05) is 26.2 Å². The van der Waals surface area contributed by atoms with Gasteiger partial charge in [0.05, 0.1) is 5.92 Å². The number of Topliss-reactive ketones (excluding diaryl/α,β-unsaturated/α-hetero) is 1. The van der Waals surface area contributed by atoms with Gasteiger partial charge in [-0.2, -0.15) is 5.10 Å². The van der Waals surface area contributed by atoms with Crippen LogP contribution in [-0.2, 0) is 4.79 Å². The molecule has 0 spiro atoms. The Morgan fingerprint density at radius 2 is 2.08 bits per heavy atom. The van der Waals surface area contributed by atoms with Gasteiger partial charge >= 0.3 is 0 Å². The normalized spacial score (nSPS) is 27.8. The van der Waals surface area contributed by atoms with E-state index in [1.165, 1.54) is 0 Å². The van der Waals surface area contributed by atoms with Crippen molar-refractivity contribution in [3.63, 3.8) is 0 Å². The zero-order chi connectivity index (χ0) is 9.14. The van der Waals surface area contributed by atoms with Gasteiger partial charge in [-0.3, -0.25) is 4.79 Å². The summed E-state index contributed by atoms with van der Waals surface area (Å²) >= 11 is 0. The highest BCUT2D eigenvalue weighted by molar-refractivity contribution is 6.06. The third kappa shape index (κ3) is 2.06. The molecule has 3 heteroatoms. The summed E-state index contributed by atoms with van der Waals surface area (Å²) < 4.78 is 0. The molecule has 0 amide bonds. The maximum Gasteiger partial charge on any atom is 0.141 e. The summed E-state index contributed by atoms with van der Waals surface area (Å²) in [7, 11) is 3.78. The molecule has 0 N–H and O–H groups in total. The van der Waals surface area contributed by atoms with Crippen LogP contribution >= 0.6 is 0 Å². The van der Waals surface area contributed by atoms with E-state index < -0.39 is 0 Å². The number of nitrogens with zero attached hydrogens (tertiary/aromatic N) is 2. The molecule has 1 saturated carbocycles. The van der Waals surface area contributed by atoms with E-state index in [1.807, 2.05) is 21.0 Å². The second-order valence-electron chi connectivity index (χ2n) is 3.48. The van der Waals surface area contributed by atoms with Crippen LogP contribution in [0.5, 0.6) is 0 Å². The van der Waals surface area contributed by atoms with Crippen molar-refractivity contribution in [2.75, 3.05) is 14.1 Å². The second kappa shape index (κ2) is 3.70. The summed E-state index contributed by atoms with van der Waals surface area (Å²) in [5.74, 6) is 0.378. The molecular weight excluding hydrogens is 152 g/mol. The van der Waals surface area contributed by atoms with Gasteiger partial charge in [-0.1, -0.05) is 6.92 Å². The molecule has 1 fully saturated rings. The third-order valence-electron chi connectivity index (χ3n) is 2.17. The van der Waals surface area contributed by atoms with E-state index in [0.29, 0.717) is 5.78 Å². The van der Waals surface area contributed by atoms with Crippen molar-refractivity contribution in [1.82, 2.24) is 5.01 Å². The van der Waals surface area contributed by atoms with E-state index in [9.17, 15) is 4.79 Å². The molecule has 0 aliphatic heterocycles. The van der Waals surface area contributed by atoms with Gasteiger partial charge in [-0.25, -0.2) is 0 Å². The molecule has 0 radical (unpaired) electrons. The molecule has 0 aromatic heterocycles. The fourth-order valence-corrected chi connectivity index (χ4v) is 1.46. The maximum absolute atomic E-state index is 11.3. The molecule has 3 nitrogen and oxygen atoms in total. The molecule has 0 unspecified atom stereocenters. The lowest BCUT2D eigenvalue weighted by Crippen LogP contribution is -2.27. The molecule has 0 aromatic carbocycles. The average Bonchev–Trinajstić information content (AvgIpc) is 1.98. The van der Waals surface area contributed by atoms with E-state index in [0.717, 1.165) is 25.0 Å². The first-order chi connectivity index (χ1) is 5.61. The fourth-order valence-electron chi connectivity index (χ4n) is 1.46. The van der Waals surface area contributed by atoms with Crippen LogP contribution in [-0.4, -0.2) is 30.6 Å². The molecule has 68 valence electrons. The fraction of sp³-hybridized carbons (Fsp3) is 0.778. The maximum atomic E-state index is 11.3. The van der Waals surface area contributed by atoms with Gasteiger partial charge in [0.15, 0.2) is 0 Å². The number of hydrazone groups is 1. The van der Waals surface area contributed by atoms with Gasteiger partial charge < -0.3 is 5.01 Å². The Morgan fingerprint density at radius 1 is 1.42 bits per heavy atom. The van der Waals surface area contributed by atoms with Crippen molar-refractivity contribution in [2.45, 2.75) is 26.2 Å². The minimum Gasteiger partial charge on any atom is -0.303 e. The Morgan fingerprint density at radius 3 is 2.67 bits per heavy atom. The molecule has 0 aromatic rings. The monoisotopic (exact) mass is 168 g/mol. The molecule has 0 bridgehead atoms. The number of rotatable bonds is 1. The van der Waals surface area contributed by atoms with E-state index in [-0.39, 0.29) is 5.92 Å². The number of ketones is 1. The zero-order valence-electron chi connectivity index (χ0n) is 8.00. The highest BCUT2D eigenvalue weighted by Crippen LogP contribution is 2.18. The van der Waals surface area contributed by atoms with Gasteiger partial charge in [-0.05, 0) is 12.8 Å². The van der Waals surface area contributed by atoms with Crippen molar-refractivity contribution >= 4 is 11.5 Å². The van der Waals surface area contributed by atoms with Gasteiger partial charge in [0.1, 0.15) is 5.78 Å². The molecule has 12 heavy (non-hydrogen) atoms. The topological polar surface area (TPSA) is 32.7 Å². The SMILES string of the molecule is C[C@@H]1C(=O)CCCC1=NN(C)C. The van der Waals surface area contributed by atoms with Crippen LogP contribution in [0.2, 0.25) is 0 Å². The van der Waals surface area contributed by atoms with Crippen LogP contribution in [0.25, 0.3) is 0 Å². The Balaban J connectivity index is 2.70. The molecule has 1 aliphatic carbocycles. The largest absolute Gasteiger partial charge is 0.303 e. The Hall–Kier alpha value is -0.860. The number of hydrogen-bond donors (Lipinski definition) is 0. The average molecular weight is 168 g/mol. The van der Waals surface area contributed by atoms with E-state index in [1.54, 1.807) is 5.01 Å². The van der Waals surface area contributed by atoms with E-state index in [2.05, 4.69) is 5.10 Å². The van der Waals surface area contributed by atoms with Crippen LogP contribution < -0.4 is 0 Å². The summed E-state index contributed by atoms with van der Waals surface area (Å²) in [6.45, 7) is 1.95. The smallest absolute Gasteiger partial charge is 0.141 e. The number of hydrogen-bond acceptors (Lipinski definition) is 3. The summed E-state index contributed by atoms with van der Waals surface area (Å²) in [5.41, 5.74) is 1.04. The van der Waals surface area contributed by atoms with Crippen molar-refractivity contribution in [3.8, 4) is 0 Å². The zero-order valence-corrected chi connectivity index (χ0v) is 8.00. The van der Waals surface area contributed by atoms with Crippen LogP contribution in [0.3, 0.4) is 0 Å². The highest BCUT2D eigenvalue weighted by Gasteiger charge is 2.23. The lowest BCUT2D eigenvalue weighted by molar-refractivity contribution is -0.121. The first-order valence-corrected chi connectivity index (χ1v) is 4.38.